The molecule has 1 saturated carbocycles. The lowest BCUT2D eigenvalue weighted by molar-refractivity contribution is -0.660. The molecule has 0 atom stereocenters. The predicted molar refractivity (Wildman–Crippen MR) is 122 cm³/mol. The lowest BCUT2D eigenvalue weighted by atomic mass is 9.96. The van der Waals surface area contributed by atoms with Gasteiger partial charge in [-0.3, -0.25) is 0 Å². The van der Waals surface area contributed by atoms with Crippen molar-refractivity contribution in [2.45, 2.75) is 38.5 Å². The first-order chi connectivity index (χ1) is 14.7. The molecule has 30 heavy (non-hydrogen) atoms. The van der Waals surface area contributed by atoms with Crippen molar-refractivity contribution in [1.82, 2.24) is 4.98 Å². The van der Waals surface area contributed by atoms with Crippen LogP contribution < -0.4 is 4.57 Å². The minimum atomic E-state index is 0.709. The SMILES string of the molecule is Cc1ccc2c(oc3nc4ccccc4cc32)c1-c1ccc(C2CCCC2)c[n+]1C. The number of pyridine rings is 2. The van der Waals surface area contributed by atoms with Crippen molar-refractivity contribution in [1.29, 1.82) is 0 Å². The van der Waals surface area contributed by atoms with Crippen LogP contribution in [0.3, 0.4) is 0 Å². The molecule has 2 aromatic carbocycles. The number of aromatic nitrogens is 2. The summed E-state index contributed by atoms with van der Waals surface area (Å²) in [5.41, 5.74) is 7.63. The summed E-state index contributed by atoms with van der Waals surface area (Å²) in [6.07, 6.45) is 7.66. The molecule has 0 bridgehead atoms. The number of benzene rings is 2. The van der Waals surface area contributed by atoms with Gasteiger partial charge in [-0.15, -0.1) is 0 Å². The van der Waals surface area contributed by atoms with Crippen LogP contribution in [-0.4, -0.2) is 4.98 Å². The van der Waals surface area contributed by atoms with Gasteiger partial charge < -0.3 is 4.42 Å². The van der Waals surface area contributed by atoms with E-state index in [-0.39, 0.29) is 0 Å². The van der Waals surface area contributed by atoms with E-state index in [0.717, 1.165) is 32.8 Å². The van der Waals surface area contributed by atoms with Gasteiger partial charge >= 0.3 is 0 Å². The summed E-state index contributed by atoms with van der Waals surface area (Å²) in [5, 5.41) is 3.35. The van der Waals surface area contributed by atoms with E-state index < -0.39 is 0 Å². The first-order valence-corrected chi connectivity index (χ1v) is 10.9. The van der Waals surface area contributed by atoms with E-state index >= 15 is 0 Å². The van der Waals surface area contributed by atoms with Crippen molar-refractivity contribution in [3.05, 3.63) is 71.9 Å². The molecule has 0 amide bonds. The molecule has 1 aliphatic rings. The fourth-order valence-electron chi connectivity index (χ4n) is 5.17. The Morgan fingerprint density at radius 1 is 0.967 bits per heavy atom. The quantitative estimate of drug-likeness (QED) is 0.317. The Hall–Kier alpha value is -3.20. The Labute approximate surface area is 176 Å². The van der Waals surface area contributed by atoms with Crippen LogP contribution in [0.4, 0.5) is 0 Å². The smallest absolute Gasteiger partial charge is 0.227 e. The van der Waals surface area contributed by atoms with Gasteiger partial charge in [-0.05, 0) is 49.4 Å². The van der Waals surface area contributed by atoms with Crippen molar-refractivity contribution < 1.29 is 8.98 Å². The van der Waals surface area contributed by atoms with E-state index in [4.69, 9.17) is 9.40 Å². The fraction of sp³-hybridized carbons (Fsp3) is 0.259. The number of para-hydroxylation sites is 1. The van der Waals surface area contributed by atoms with Gasteiger partial charge in [0.05, 0.1) is 11.1 Å². The molecule has 148 valence electrons. The van der Waals surface area contributed by atoms with Crippen LogP contribution in [0.5, 0.6) is 0 Å². The van der Waals surface area contributed by atoms with E-state index in [1.807, 2.05) is 12.1 Å². The number of rotatable bonds is 2. The third-order valence-corrected chi connectivity index (χ3v) is 6.78. The van der Waals surface area contributed by atoms with E-state index in [9.17, 15) is 0 Å². The zero-order valence-electron chi connectivity index (χ0n) is 17.5. The predicted octanol–water partition coefficient (Wildman–Crippen LogP) is 6.59. The summed E-state index contributed by atoms with van der Waals surface area (Å²) < 4.78 is 8.66. The van der Waals surface area contributed by atoms with Gasteiger partial charge in [-0.2, -0.15) is 0 Å². The molecule has 0 unspecified atom stereocenters. The summed E-state index contributed by atoms with van der Waals surface area (Å²) in [5.74, 6) is 0.713. The zero-order valence-corrected chi connectivity index (χ0v) is 17.5. The normalized spacial score (nSPS) is 15.0. The van der Waals surface area contributed by atoms with Crippen LogP contribution in [0.15, 0.2) is 65.2 Å². The third-order valence-electron chi connectivity index (χ3n) is 6.78. The number of nitrogens with zero attached hydrogens (tertiary/aromatic N) is 2. The number of furan rings is 1. The molecule has 1 fully saturated rings. The maximum atomic E-state index is 6.39. The molecule has 5 aromatic rings. The molecule has 0 spiro atoms. The Morgan fingerprint density at radius 2 is 1.80 bits per heavy atom. The Balaban J connectivity index is 1.58. The second-order valence-corrected chi connectivity index (χ2v) is 8.71. The Kier molecular flexibility index (Phi) is 3.92. The summed E-state index contributed by atoms with van der Waals surface area (Å²) in [6.45, 7) is 2.16. The molecular weight excluding hydrogens is 368 g/mol. The summed E-state index contributed by atoms with van der Waals surface area (Å²) in [4.78, 5) is 4.79. The highest BCUT2D eigenvalue weighted by atomic mass is 16.3. The fourth-order valence-corrected chi connectivity index (χ4v) is 5.17. The maximum absolute atomic E-state index is 6.39. The van der Waals surface area contributed by atoms with Crippen molar-refractivity contribution >= 4 is 33.0 Å². The second-order valence-electron chi connectivity index (χ2n) is 8.71. The second kappa shape index (κ2) is 6.66. The number of aryl methyl sites for hydroxylation is 2. The molecule has 0 saturated heterocycles. The van der Waals surface area contributed by atoms with Gasteiger partial charge in [0, 0.05) is 27.8 Å². The first kappa shape index (κ1) is 17.6. The van der Waals surface area contributed by atoms with E-state index in [1.165, 1.54) is 42.5 Å². The van der Waals surface area contributed by atoms with Gasteiger partial charge in [0.1, 0.15) is 7.05 Å². The van der Waals surface area contributed by atoms with Crippen molar-refractivity contribution in [2.24, 2.45) is 7.05 Å². The molecule has 0 aliphatic heterocycles. The van der Waals surface area contributed by atoms with E-state index in [1.54, 1.807) is 0 Å². The van der Waals surface area contributed by atoms with Gasteiger partial charge in [-0.1, -0.05) is 43.2 Å². The highest BCUT2D eigenvalue weighted by Crippen LogP contribution is 2.38. The van der Waals surface area contributed by atoms with Crippen LogP contribution in [0.25, 0.3) is 44.2 Å². The minimum absolute atomic E-state index is 0.709. The highest BCUT2D eigenvalue weighted by Gasteiger charge is 2.24. The standard InChI is InChI=1S/C27H25N2O/c1-17-11-13-21-22-15-19-9-5-6-10-23(19)28-27(22)30-26(21)25(17)24-14-12-20(16-29(24)2)18-7-3-4-8-18/h5-6,9-16,18H,3-4,7-8H2,1-2H3/q+1. The van der Waals surface area contributed by atoms with Gasteiger partial charge in [0.2, 0.25) is 11.4 Å². The molecular formula is C27H25N2O+. The minimum Gasteiger partial charge on any atom is -0.437 e. The van der Waals surface area contributed by atoms with Crippen molar-refractivity contribution in [3.8, 4) is 11.3 Å². The number of hydrogen-bond donors (Lipinski definition) is 0. The molecule has 3 nitrogen and oxygen atoms in total. The molecule has 3 aromatic heterocycles. The average molecular weight is 394 g/mol. The first-order valence-electron chi connectivity index (χ1n) is 10.9. The lowest BCUT2D eigenvalue weighted by Crippen LogP contribution is -2.31. The van der Waals surface area contributed by atoms with Crippen LogP contribution in [0.1, 0.15) is 42.7 Å². The molecule has 1 aliphatic carbocycles. The average Bonchev–Trinajstić information content (AvgIpc) is 3.40. The zero-order chi connectivity index (χ0) is 20.2. The molecule has 3 heteroatoms. The number of hydrogen-bond acceptors (Lipinski definition) is 2. The van der Waals surface area contributed by atoms with E-state index in [0.29, 0.717) is 11.6 Å². The number of fused-ring (bicyclic) bond motifs is 4. The highest BCUT2D eigenvalue weighted by molar-refractivity contribution is 6.11. The Bertz CT molecular complexity index is 1420. The van der Waals surface area contributed by atoms with Crippen LogP contribution in [0, 0.1) is 6.92 Å². The van der Waals surface area contributed by atoms with Crippen LogP contribution >= 0.6 is 0 Å². The summed E-state index contributed by atoms with van der Waals surface area (Å²) in [6, 6.07) is 19.4. The van der Waals surface area contributed by atoms with Gasteiger partial charge in [-0.25, -0.2) is 9.55 Å². The third kappa shape index (κ3) is 2.65. The summed E-state index contributed by atoms with van der Waals surface area (Å²) >= 11 is 0. The van der Waals surface area contributed by atoms with Crippen LogP contribution in [0.2, 0.25) is 0 Å². The molecule has 6 rings (SSSR count). The van der Waals surface area contributed by atoms with Crippen molar-refractivity contribution in [3.63, 3.8) is 0 Å². The van der Waals surface area contributed by atoms with Crippen LogP contribution in [-0.2, 0) is 7.05 Å². The van der Waals surface area contributed by atoms with Gasteiger partial charge in [0.25, 0.3) is 0 Å². The van der Waals surface area contributed by atoms with Crippen molar-refractivity contribution in [2.75, 3.05) is 0 Å². The van der Waals surface area contributed by atoms with Gasteiger partial charge in [0.15, 0.2) is 11.8 Å². The summed E-state index contributed by atoms with van der Waals surface area (Å²) in [7, 11) is 2.15. The van der Waals surface area contributed by atoms with E-state index in [2.05, 4.69) is 67.2 Å². The molecule has 3 heterocycles. The lowest BCUT2D eigenvalue weighted by Gasteiger charge is -2.10. The molecule has 0 radical (unpaired) electrons. The monoisotopic (exact) mass is 393 g/mol. The topological polar surface area (TPSA) is 29.9 Å². The Morgan fingerprint density at radius 3 is 2.63 bits per heavy atom. The molecule has 0 N–H and O–H groups in total. The largest absolute Gasteiger partial charge is 0.437 e. The maximum Gasteiger partial charge on any atom is 0.227 e.